The normalized spacial score (nSPS) is 35.0. The molecular formula is C15H26N2O3. The third-order valence-corrected chi connectivity index (χ3v) is 4.89. The number of amides is 2. The van der Waals surface area contributed by atoms with E-state index in [4.69, 9.17) is 5.11 Å². The summed E-state index contributed by atoms with van der Waals surface area (Å²) in [5, 5.41) is 9.10. The summed E-state index contributed by atoms with van der Waals surface area (Å²) in [6.07, 6.45) is 4.45. The van der Waals surface area contributed by atoms with Gasteiger partial charge in [0.15, 0.2) is 0 Å². The van der Waals surface area contributed by atoms with Crippen LogP contribution in [0.25, 0.3) is 0 Å². The summed E-state index contributed by atoms with van der Waals surface area (Å²) in [4.78, 5) is 27.7. The molecule has 2 saturated heterocycles. The Kier molecular flexibility index (Phi) is 4.55. The Balaban J connectivity index is 2.04. The maximum absolute atomic E-state index is 12.8. The summed E-state index contributed by atoms with van der Waals surface area (Å²) in [5.74, 6) is -1.03. The molecule has 5 heteroatoms. The average molecular weight is 282 g/mol. The van der Waals surface area contributed by atoms with Gasteiger partial charge >= 0.3 is 12.0 Å². The summed E-state index contributed by atoms with van der Waals surface area (Å²) in [6.45, 7) is 6.75. The van der Waals surface area contributed by atoms with Gasteiger partial charge in [0.05, 0.1) is 5.92 Å². The van der Waals surface area contributed by atoms with Gasteiger partial charge < -0.3 is 14.9 Å². The standard InChI is InChI=1S/C15H26N2O3/c1-10-5-4-6-11(2)17(10)15(20)16-8-7-13(14(18)19)9-12(16)3/h10-13H,4-9H2,1-3H3,(H,18,19)/t10-,11+,12?,13?. The van der Waals surface area contributed by atoms with E-state index >= 15 is 0 Å². The number of carbonyl (C=O) groups excluding carboxylic acids is 1. The van der Waals surface area contributed by atoms with Crippen molar-refractivity contribution in [2.75, 3.05) is 6.54 Å². The molecule has 1 N–H and O–H groups in total. The summed E-state index contributed by atoms with van der Waals surface area (Å²) in [7, 11) is 0. The van der Waals surface area contributed by atoms with Crippen molar-refractivity contribution in [3.05, 3.63) is 0 Å². The third kappa shape index (κ3) is 2.91. The number of hydrogen-bond donors (Lipinski definition) is 1. The Labute approximate surface area is 120 Å². The molecule has 2 rings (SSSR count). The van der Waals surface area contributed by atoms with Gasteiger partial charge in [0.1, 0.15) is 0 Å². The molecule has 4 atom stereocenters. The number of nitrogens with zero attached hydrogens (tertiary/aromatic N) is 2. The zero-order valence-corrected chi connectivity index (χ0v) is 12.7. The highest BCUT2D eigenvalue weighted by atomic mass is 16.4. The highest BCUT2D eigenvalue weighted by Gasteiger charge is 2.37. The van der Waals surface area contributed by atoms with Gasteiger partial charge in [-0.2, -0.15) is 0 Å². The number of carboxylic acids is 1. The van der Waals surface area contributed by atoms with Crippen molar-refractivity contribution in [2.45, 2.75) is 71.0 Å². The predicted molar refractivity (Wildman–Crippen MR) is 76.5 cm³/mol. The second-order valence-corrected chi connectivity index (χ2v) is 6.42. The molecule has 0 saturated carbocycles. The fourth-order valence-electron chi connectivity index (χ4n) is 3.63. The van der Waals surface area contributed by atoms with Crippen LogP contribution in [0.2, 0.25) is 0 Å². The number of carboxylic acid groups (broad SMARTS) is 1. The highest BCUT2D eigenvalue weighted by molar-refractivity contribution is 5.76. The zero-order chi connectivity index (χ0) is 14.9. The van der Waals surface area contributed by atoms with Gasteiger partial charge in [-0.25, -0.2) is 4.79 Å². The number of piperidine rings is 2. The van der Waals surface area contributed by atoms with Crippen LogP contribution in [0.5, 0.6) is 0 Å². The molecule has 2 aliphatic rings. The highest BCUT2D eigenvalue weighted by Crippen LogP contribution is 2.28. The largest absolute Gasteiger partial charge is 0.481 e. The van der Waals surface area contributed by atoms with Crippen LogP contribution in [-0.2, 0) is 4.79 Å². The number of rotatable bonds is 1. The first-order valence-electron chi connectivity index (χ1n) is 7.73. The van der Waals surface area contributed by atoms with E-state index < -0.39 is 5.97 Å². The molecule has 5 nitrogen and oxygen atoms in total. The van der Waals surface area contributed by atoms with Crippen molar-refractivity contribution in [3.63, 3.8) is 0 Å². The number of hydrogen-bond acceptors (Lipinski definition) is 2. The lowest BCUT2D eigenvalue weighted by Gasteiger charge is -2.45. The van der Waals surface area contributed by atoms with Crippen LogP contribution in [0.1, 0.15) is 52.9 Å². The predicted octanol–water partition coefficient (Wildman–Crippen LogP) is 2.55. The average Bonchev–Trinajstić information content (AvgIpc) is 2.38. The smallest absolute Gasteiger partial charge is 0.320 e. The Bertz CT molecular complexity index is 375. The van der Waals surface area contributed by atoms with Crippen molar-refractivity contribution in [1.82, 2.24) is 9.80 Å². The molecule has 2 amide bonds. The lowest BCUT2D eigenvalue weighted by molar-refractivity contribution is -0.143. The van der Waals surface area contributed by atoms with E-state index in [9.17, 15) is 9.59 Å². The Morgan fingerprint density at radius 1 is 1.00 bits per heavy atom. The van der Waals surface area contributed by atoms with Crippen molar-refractivity contribution < 1.29 is 14.7 Å². The third-order valence-electron chi connectivity index (χ3n) is 4.89. The lowest BCUT2D eigenvalue weighted by atomic mass is 9.91. The molecule has 2 aliphatic heterocycles. The summed E-state index contributed by atoms with van der Waals surface area (Å²) >= 11 is 0. The van der Waals surface area contributed by atoms with E-state index in [0.29, 0.717) is 19.4 Å². The van der Waals surface area contributed by atoms with Crippen molar-refractivity contribution >= 4 is 12.0 Å². The van der Waals surface area contributed by atoms with Gasteiger partial charge in [0.25, 0.3) is 0 Å². The SMILES string of the molecule is CC1CC(C(=O)O)CCN1C(=O)N1[C@H](C)CCC[C@@H]1C. The van der Waals surface area contributed by atoms with Gasteiger partial charge in [-0.15, -0.1) is 0 Å². The maximum Gasteiger partial charge on any atom is 0.320 e. The first-order chi connectivity index (χ1) is 9.41. The second-order valence-electron chi connectivity index (χ2n) is 6.42. The van der Waals surface area contributed by atoms with Crippen molar-refractivity contribution in [1.29, 1.82) is 0 Å². The van der Waals surface area contributed by atoms with E-state index in [1.54, 1.807) is 0 Å². The van der Waals surface area contributed by atoms with E-state index in [1.165, 1.54) is 6.42 Å². The summed E-state index contributed by atoms with van der Waals surface area (Å²) in [6, 6.07) is 0.686. The number of aliphatic carboxylic acids is 1. The Morgan fingerprint density at radius 2 is 1.60 bits per heavy atom. The zero-order valence-electron chi connectivity index (χ0n) is 12.7. The van der Waals surface area contributed by atoms with Crippen molar-refractivity contribution in [3.8, 4) is 0 Å². The van der Waals surface area contributed by atoms with E-state index in [0.717, 1.165) is 12.8 Å². The fourth-order valence-corrected chi connectivity index (χ4v) is 3.63. The molecule has 2 unspecified atom stereocenters. The summed E-state index contributed by atoms with van der Waals surface area (Å²) < 4.78 is 0. The molecule has 0 aromatic heterocycles. The van der Waals surface area contributed by atoms with Crippen LogP contribution in [0.4, 0.5) is 4.79 Å². The van der Waals surface area contributed by atoms with E-state index in [-0.39, 0.29) is 30.1 Å². The monoisotopic (exact) mass is 282 g/mol. The quantitative estimate of drug-likeness (QED) is 0.804. The minimum absolute atomic E-state index is 0.0127. The van der Waals surface area contributed by atoms with E-state index in [1.807, 2.05) is 16.7 Å². The van der Waals surface area contributed by atoms with Gasteiger partial charge in [0, 0.05) is 24.7 Å². The van der Waals surface area contributed by atoms with Crippen LogP contribution in [0, 0.1) is 5.92 Å². The minimum Gasteiger partial charge on any atom is -0.481 e. The first kappa shape index (κ1) is 15.1. The molecule has 0 aliphatic carbocycles. The minimum atomic E-state index is -0.733. The fraction of sp³-hybridized carbons (Fsp3) is 0.867. The van der Waals surface area contributed by atoms with Gasteiger partial charge in [-0.3, -0.25) is 4.79 Å². The molecular weight excluding hydrogens is 256 g/mol. The lowest BCUT2D eigenvalue weighted by Crippen LogP contribution is -2.57. The van der Waals surface area contributed by atoms with Gasteiger partial charge in [-0.05, 0) is 52.9 Å². The van der Waals surface area contributed by atoms with Crippen LogP contribution in [0.15, 0.2) is 0 Å². The first-order valence-corrected chi connectivity index (χ1v) is 7.73. The van der Waals surface area contributed by atoms with Crippen LogP contribution < -0.4 is 0 Å². The van der Waals surface area contributed by atoms with Crippen LogP contribution in [-0.4, -0.2) is 51.6 Å². The number of likely N-dealkylation sites (tertiary alicyclic amines) is 2. The topological polar surface area (TPSA) is 60.9 Å². The Hall–Kier alpha value is -1.26. The molecule has 2 fully saturated rings. The molecule has 0 aromatic rings. The van der Waals surface area contributed by atoms with Crippen LogP contribution in [0.3, 0.4) is 0 Å². The van der Waals surface area contributed by atoms with Gasteiger partial charge in [0.2, 0.25) is 0 Å². The van der Waals surface area contributed by atoms with Crippen LogP contribution >= 0.6 is 0 Å². The molecule has 0 spiro atoms. The molecule has 20 heavy (non-hydrogen) atoms. The summed E-state index contributed by atoms with van der Waals surface area (Å²) in [5.41, 5.74) is 0. The molecule has 2 heterocycles. The maximum atomic E-state index is 12.8. The number of carbonyl (C=O) groups is 2. The molecule has 0 aromatic carbocycles. The molecule has 0 bridgehead atoms. The molecule has 114 valence electrons. The number of urea groups is 1. The second kappa shape index (κ2) is 6.02. The molecule has 0 radical (unpaired) electrons. The van der Waals surface area contributed by atoms with E-state index in [2.05, 4.69) is 13.8 Å². The van der Waals surface area contributed by atoms with Crippen molar-refractivity contribution in [2.24, 2.45) is 5.92 Å². The Morgan fingerprint density at radius 3 is 2.10 bits per heavy atom. The van der Waals surface area contributed by atoms with Gasteiger partial charge in [-0.1, -0.05) is 0 Å².